The molecule has 1 aromatic carbocycles. The summed E-state index contributed by atoms with van der Waals surface area (Å²) in [7, 11) is -0.825. The molecule has 1 atom stereocenters. The van der Waals surface area contributed by atoms with Crippen LogP contribution in [-0.2, 0) is 0 Å². The second-order valence-corrected chi connectivity index (χ2v) is 9.85. The summed E-state index contributed by atoms with van der Waals surface area (Å²) >= 11 is 3.72. The van der Waals surface area contributed by atoms with Crippen molar-refractivity contribution in [3.05, 3.63) is 35.9 Å². The monoisotopic (exact) mass is 282 g/mol. The highest BCUT2D eigenvalue weighted by molar-refractivity contribution is 9.25. The fraction of sp³-hybridized carbons (Fsp3) is 0.385. The van der Waals surface area contributed by atoms with Crippen LogP contribution in [0, 0.1) is 0 Å². The van der Waals surface area contributed by atoms with Gasteiger partial charge in [-0.2, -0.15) is 0 Å². The highest BCUT2D eigenvalue weighted by atomic mass is 79.9. The third kappa shape index (κ3) is 4.80. The van der Waals surface area contributed by atoms with Crippen LogP contribution in [0.2, 0.25) is 6.55 Å². The lowest BCUT2D eigenvalue weighted by molar-refractivity contribution is 0.816. The maximum Gasteiger partial charge on any atom is 0.142 e. The van der Waals surface area contributed by atoms with Gasteiger partial charge in [-0.1, -0.05) is 62.7 Å². The van der Waals surface area contributed by atoms with Crippen LogP contribution in [0.3, 0.4) is 0 Å². The second-order valence-electron chi connectivity index (χ2n) is 3.83. The Hall–Kier alpha value is -0.343. The van der Waals surface area contributed by atoms with E-state index in [1.807, 2.05) is 0 Å². The number of halogens is 1. The molecule has 1 rings (SSSR count). The van der Waals surface area contributed by atoms with Crippen LogP contribution in [0.5, 0.6) is 0 Å². The minimum atomic E-state index is -0.825. The largest absolute Gasteiger partial charge is 0.142 e. The average molecular weight is 283 g/mol. The minimum Gasteiger partial charge on any atom is -0.125 e. The second kappa shape index (κ2) is 7.02. The highest BCUT2D eigenvalue weighted by Crippen LogP contribution is 2.05. The zero-order chi connectivity index (χ0) is 11.1. The van der Waals surface area contributed by atoms with E-state index in [4.69, 9.17) is 0 Å². The molecule has 15 heavy (non-hydrogen) atoms. The Morgan fingerprint density at radius 2 is 2.20 bits per heavy atom. The van der Waals surface area contributed by atoms with Gasteiger partial charge in [-0.05, 0) is 17.2 Å². The number of hydrogen-bond acceptors (Lipinski definition) is 0. The Bertz CT molecular complexity index is 318. The first-order valence-electron chi connectivity index (χ1n) is 5.64. The normalized spacial score (nSPS) is 13.3. The van der Waals surface area contributed by atoms with Gasteiger partial charge >= 0.3 is 0 Å². The Morgan fingerprint density at radius 1 is 1.40 bits per heavy atom. The fourth-order valence-corrected chi connectivity index (χ4v) is 3.10. The summed E-state index contributed by atoms with van der Waals surface area (Å²) in [5.41, 5.74) is 1.34. The molecule has 0 amide bonds. The van der Waals surface area contributed by atoms with Crippen molar-refractivity contribution in [2.24, 2.45) is 0 Å². The molecule has 0 bridgehead atoms. The average Bonchev–Trinajstić information content (AvgIpc) is 2.25. The molecule has 0 heterocycles. The molecule has 0 spiro atoms. The van der Waals surface area contributed by atoms with Crippen LogP contribution in [0.4, 0.5) is 0 Å². The molecule has 0 aliphatic heterocycles. The van der Waals surface area contributed by atoms with E-state index < -0.39 is 7.42 Å². The third-order valence-corrected chi connectivity index (χ3v) is 5.27. The van der Waals surface area contributed by atoms with Gasteiger partial charge in [-0.3, -0.25) is 0 Å². The lowest BCUT2D eigenvalue weighted by Crippen LogP contribution is -2.19. The summed E-state index contributed by atoms with van der Waals surface area (Å²) in [4.78, 5) is 0. The minimum absolute atomic E-state index is 0.825. The molecule has 82 valence electrons. The van der Waals surface area contributed by atoms with E-state index in [1.54, 1.807) is 0 Å². The SMILES string of the molecule is CCCCC=Cc1cccc([SiH](C)Br)c1. The van der Waals surface area contributed by atoms with Gasteiger partial charge in [-0.15, -0.1) is 15.3 Å². The van der Waals surface area contributed by atoms with Crippen LogP contribution in [0.15, 0.2) is 30.3 Å². The predicted octanol–water partition coefficient (Wildman–Crippen LogP) is 3.85. The first-order valence-corrected chi connectivity index (χ1v) is 10.6. The molecule has 0 N–H and O–H groups in total. The Balaban J connectivity index is 2.61. The van der Waals surface area contributed by atoms with Crippen molar-refractivity contribution in [2.45, 2.75) is 32.7 Å². The lowest BCUT2D eigenvalue weighted by atomic mass is 10.2. The van der Waals surface area contributed by atoms with Gasteiger partial charge in [0.15, 0.2) is 0 Å². The molecule has 0 aliphatic carbocycles. The Kier molecular flexibility index (Phi) is 5.95. The van der Waals surface area contributed by atoms with E-state index in [-0.39, 0.29) is 0 Å². The van der Waals surface area contributed by atoms with Gasteiger partial charge in [0, 0.05) is 0 Å². The fourth-order valence-electron chi connectivity index (χ4n) is 1.45. The highest BCUT2D eigenvalue weighted by Gasteiger charge is 2.01. The summed E-state index contributed by atoms with van der Waals surface area (Å²) in [5.74, 6) is 0. The standard InChI is InChI=1S/C13H19BrSi/c1-3-4-5-6-8-12-9-7-10-13(11-12)15(2)14/h6-11,15H,3-5H2,1-2H3. The number of unbranched alkanes of at least 4 members (excludes halogenated alkanes) is 2. The van der Waals surface area contributed by atoms with Crippen molar-refractivity contribution >= 4 is 34.0 Å². The van der Waals surface area contributed by atoms with Crippen LogP contribution < -0.4 is 5.19 Å². The van der Waals surface area contributed by atoms with Gasteiger partial charge in [-0.25, -0.2) is 0 Å². The summed E-state index contributed by atoms with van der Waals surface area (Å²) in [6.07, 6.45) is 8.28. The van der Waals surface area contributed by atoms with Crippen LogP contribution >= 0.6 is 15.3 Å². The summed E-state index contributed by atoms with van der Waals surface area (Å²) < 4.78 is 0. The van der Waals surface area contributed by atoms with Gasteiger partial charge < -0.3 is 0 Å². The smallest absolute Gasteiger partial charge is 0.125 e. The number of rotatable bonds is 5. The van der Waals surface area contributed by atoms with Crippen molar-refractivity contribution in [1.29, 1.82) is 0 Å². The van der Waals surface area contributed by atoms with Crippen molar-refractivity contribution in [2.75, 3.05) is 0 Å². The van der Waals surface area contributed by atoms with Crippen molar-refractivity contribution in [3.8, 4) is 0 Å². The maximum atomic E-state index is 3.72. The van der Waals surface area contributed by atoms with Crippen molar-refractivity contribution in [1.82, 2.24) is 0 Å². The molecule has 2 heteroatoms. The summed E-state index contributed by atoms with van der Waals surface area (Å²) in [6, 6.07) is 8.85. The van der Waals surface area contributed by atoms with Gasteiger partial charge in [0.25, 0.3) is 0 Å². The third-order valence-electron chi connectivity index (χ3n) is 2.40. The quantitative estimate of drug-likeness (QED) is 0.437. The van der Waals surface area contributed by atoms with E-state index in [9.17, 15) is 0 Å². The zero-order valence-corrected chi connectivity index (χ0v) is 12.3. The topological polar surface area (TPSA) is 0 Å². The Labute approximate surface area is 103 Å². The van der Waals surface area contributed by atoms with E-state index in [2.05, 4.69) is 65.2 Å². The van der Waals surface area contributed by atoms with Crippen LogP contribution in [-0.4, -0.2) is 7.42 Å². The first kappa shape index (κ1) is 12.7. The van der Waals surface area contributed by atoms with Gasteiger partial charge in [0.1, 0.15) is 7.42 Å². The molecule has 0 aliphatic rings. The molecular formula is C13H19BrSi. The van der Waals surface area contributed by atoms with Crippen molar-refractivity contribution < 1.29 is 0 Å². The van der Waals surface area contributed by atoms with Crippen LogP contribution in [0.25, 0.3) is 6.08 Å². The van der Waals surface area contributed by atoms with E-state index in [0.29, 0.717) is 0 Å². The molecule has 0 saturated heterocycles. The predicted molar refractivity (Wildman–Crippen MR) is 76.6 cm³/mol. The van der Waals surface area contributed by atoms with E-state index in [0.717, 1.165) is 0 Å². The molecule has 0 nitrogen and oxygen atoms in total. The first-order chi connectivity index (χ1) is 7.24. The van der Waals surface area contributed by atoms with E-state index >= 15 is 0 Å². The lowest BCUT2D eigenvalue weighted by Gasteiger charge is -2.02. The molecule has 1 unspecified atom stereocenters. The van der Waals surface area contributed by atoms with Gasteiger partial charge in [0.05, 0.1) is 0 Å². The number of benzene rings is 1. The summed E-state index contributed by atoms with van der Waals surface area (Å²) in [6.45, 7) is 4.52. The molecular weight excluding hydrogens is 264 g/mol. The summed E-state index contributed by atoms with van der Waals surface area (Å²) in [5, 5.41) is 1.48. The maximum absolute atomic E-state index is 3.72. The molecule has 0 aromatic heterocycles. The van der Waals surface area contributed by atoms with Crippen LogP contribution in [0.1, 0.15) is 31.7 Å². The molecule has 0 fully saturated rings. The molecule has 0 saturated carbocycles. The van der Waals surface area contributed by atoms with E-state index in [1.165, 1.54) is 30.0 Å². The number of hydrogen-bond donors (Lipinski definition) is 0. The Morgan fingerprint density at radius 3 is 2.87 bits per heavy atom. The number of allylic oxidation sites excluding steroid dienone is 1. The molecule has 1 aromatic rings. The van der Waals surface area contributed by atoms with Crippen molar-refractivity contribution in [3.63, 3.8) is 0 Å². The van der Waals surface area contributed by atoms with Gasteiger partial charge in [0.2, 0.25) is 0 Å². The zero-order valence-electron chi connectivity index (χ0n) is 9.54. The molecule has 0 radical (unpaired) electrons.